The first-order valence-electron chi connectivity index (χ1n) is 8.88. The van der Waals surface area contributed by atoms with Crippen LogP contribution in [0, 0.1) is 6.92 Å². The van der Waals surface area contributed by atoms with Gasteiger partial charge in [0.1, 0.15) is 0 Å². The zero-order valence-corrected chi connectivity index (χ0v) is 14.7. The Morgan fingerprint density at radius 3 is 2.30 bits per heavy atom. The molecule has 0 atom stereocenters. The molecule has 128 valence electrons. The number of amides is 1. The summed E-state index contributed by atoms with van der Waals surface area (Å²) >= 11 is 0. The lowest BCUT2D eigenvalue weighted by Gasteiger charge is -2.34. The number of hydrogen-bond donors (Lipinski definition) is 1. The van der Waals surface area contributed by atoms with Crippen LogP contribution in [0.5, 0.6) is 0 Å². The van der Waals surface area contributed by atoms with E-state index in [0.717, 1.165) is 26.2 Å². The van der Waals surface area contributed by atoms with Crippen LogP contribution >= 0.6 is 0 Å². The first kappa shape index (κ1) is 18.0. The summed E-state index contributed by atoms with van der Waals surface area (Å²) in [7, 11) is 1.70. The van der Waals surface area contributed by atoms with Gasteiger partial charge >= 0.3 is 0 Å². The number of rotatable bonds is 8. The van der Waals surface area contributed by atoms with Crippen LogP contribution in [-0.2, 0) is 11.2 Å². The molecule has 0 radical (unpaired) electrons. The lowest BCUT2D eigenvalue weighted by molar-refractivity contribution is -0.122. The molecule has 0 unspecified atom stereocenters. The van der Waals surface area contributed by atoms with Gasteiger partial charge in [0.2, 0.25) is 5.91 Å². The highest BCUT2D eigenvalue weighted by Gasteiger charge is 2.17. The van der Waals surface area contributed by atoms with Crippen molar-refractivity contribution in [2.24, 2.45) is 0 Å². The number of unbranched alkanes of at least 4 members (excludes halogenated alkanes) is 2. The van der Waals surface area contributed by atoms with Crippen molar-refractivity contribution in [3.05, 3.63) is 35.4 Å². The lowest BCUT2D eigenvalue weighted by atomic mass is 10.1. The SMILES string of the molecule is CNC(=O)CN1CCN(CCCCCc2ccc(C)cc2)CC1. The standard InChI is InChI=1S/C19H31N3O/c1-17-7-9-18(10-8-17)6-4-3-5-11-21-12-14-22(15-13-21)16-19(23)20-2/h7-10H,3-6,11-16H2,1-2H3,(H,20,23). The van der Waals surface area contributed by atoms with Crippen LogP contribution in [0.15, 0.2) is 24.3 Å². The molecular weight excluding hydrogens is 286 g/mol. The van der Waals surface area contributed by atoms with Gasteiger partial charge in [0.05, 0.1) is 6.54 Å². The van der Waals surface area contributed by atoms with E-state index in [1.807, 2.05) is 0 Å². The van der Waals surface area contributed by atoms with E-state index in [1.165, 1.54) is 43.4 Å². The van der Waals surface area contributed by atoms with Gasteiger partial charge in [-0.1, -0.05) is 36.2 Å². The maximum Gasteiger partial charge on any atom is 0.233 e. The highest BCUT2D eigenvalue weighted by atomic mass is 16.1. The number of hydrogen-bond acceptors (Lipinski definition) is 3. The van der Waals surface area contributed by atoms with Crippen LogP contribution < -0.4 is 5.32 Å². The molecule has 2 rings (SSSR count). The van der Waals surface area contributed by atoms with Crippen molar-refractivity contribution in [1.29, 1.82) is 0 Å². The van der Waals surface area contributed by atoms with Gasteiger partial charge in [-0.3, -0.25) is 9.69 Å². The maximum atomic E-state index is 11.4. The van der Waals surface area contributed by atoms with E-state index in [-0.39, 0.29) is 5.91 Å². The van der Waals surface area contributed by atoms with Gasteiger partial charge in [0, 0.05) is 33.2 Å². The minimum absolute atomic E-state index is 0.120. The maximum absolute atomic E-state index is 11.4. The van der Waals surface area contributed by atoms with Crippen LogP contribution in [0.2, 0.25) is 0 Å². The van der Waals surface area contributed by atoms with Gasteiger partial charge in [-0.05, 0) is 38.3 Å². The number of benzene rings is 1. The fourth-order valence-electron chi connectivity index (χ4n) is 3.05. The molecule has 0 spiro atoms. The topological polar surface area (TPSA) is 35.6 Å². The van der Waals surface area contributed by atoms with Gasteiger partial charge in [-0.2, -0.15) is 0 Å². The number of piperazine rings is 1. The predicted molar refractivity (Wildman–Crippen MR) is 95.7 cm³/mol. The van der Waals surface area contributed by atoms with E-state index in [1.54, 1.807) is 7.05 Å². The average molecular weight is 317 g/mol. The molecule has 1 aliphatic heterocycles. The third-order valence-corrected chi connectivity index (χ3v) is 4.67. The Bertz CT molecular complexity index is 464. The van der Waals surface area contributed by atoms with E-state index in [4.69, 9.17) is 0 Å². The van der Waals surface area contributed by atoms with Crippen molar-refractivity contribution in [3.63, 3.8) is 0 Å². The van der Waals surface area contributed by atoms with Gasteiger partial charge in [0.15, 0.2) is 0 Å². The smallest absolute Gasteiger partial charge is 0.233 e. The van der Waals surface area contributed by atoms with Crippen molar-refractivity contribution in [3.8, 4) is 0 Å². The van der Waals surface area contributed by atoms with Gasteiger partial charge in [-0.25, -0.2) is 0 Å². The van der Waals surface area contributed by atoms with Crippen LogP contribution in [-0.4, -0.2) is 62.0 Å². The second-order valence-electron chi connectivity index (χ2n) is 6.59. The first-order chi connectivity index (χ1) is 11.2. The monoisotopic (exact) mass is 317 g/mol. The molecule has 0 bridgehead atoms. The van der Waals surface area contributed by atoms with Crippen molar-refractivity contribution in [2.75, 3.05) is 46.3 Å². The third-order valence-electron chi connectivity index (χ3n) is 4.67. The van der Waals surface area contributed by atoms with Crippen molar-refractivity contribution in [2.45, 2.75) is 32.6 Å². The molecule has 1 fully saturated rings. The number of aryl methyl sites for hydroxylation is 2. The molecule has 1 heterocycles. The zero-order valence-electron chi connectivity index (χ0n) is 14.7. The van der Waals surface area contributed by atoms with Crippen LogP contribution in [0.3, 0.4) is 0 Å². The lowest BCUT2D eigenvalue weighted by Crippen LogP contribution is -2.49. The quantitative estimate of drug-likeness (QED) is 0.746. The minimum Gasteiger partial charge on any atom is -0.358 e. The Hall–Kier alpha value is -1.39. The van der Waals surface area contributed by atoms with E-state index in [2.05, 4.69) is 46.3 Å². The first-order valence-corrected chi connectivity index (χ1v) is 8.88. The van der Waals surface area contributed by atoms with Crippen LogP contribution in [0.1, 0.15) is 30.4 Å². The normalized spacial score (nSPS) is 16.4. The molecule has 0 saturated carbocycles. The fraction of sp³-hybridized carbons (Fsp3) is 0.632. The molecule has 1 aliphatic rings. The molecule has 0 aromatic heterocycles. The highest BCUT2D eigenvalue weighted by molar-refractivity contribution is 5.77. The Balaban J connectivity index is 1.52. The number of carbonyl (C=O) groups excluding carboxylic acids is 1. The zero-order chi connectivity index (χ0) is 16.5. The molecule has 1 aromatic carbocycles. The van der Waals surface area contributed by atoms with Crippen LogP contribution in [0.25, 0.3) is 0 Å². The van der Waals surface area contributed by atoms with Crippen molar-refractivity contribution >= 4 is 5.91 Å². The molecule has 1 N–H and O–H groups in total. The summed E-state index contributed by atoms with van der Waals surface area (Å²) in [5.41, 5.74) is 2.79. The summed E-state index contributed by atoms with van der Waals surface area (Å²) in [4.78, 5) is 16.2. The summed E-state index contributed by atoms with van der Waals surface area (Å²) in [6.07, 6.45) is 5.05. The number of likely N-dealkylation sites (N-methyl/N-ethyl adjacent to an activating group) is 1. The summed E-state index contributed by atoms with van der Waals surface area (Å²) in [6.45, 7) is 8.08. The Labute approximate surface area is 140 Å². The molecule has 4 nitrogen and oxygen atoms in total. The highest BCUT2D eigenvalue weighted by Crippen LogP contribution is 2.09. The molecule has 1 amide bonds. The third kappa shape index (κ3) is 6.71. The molecule has 4 heteroatoms. The average Bonchev–Trinajstić information content (AvgIpc) is 2.57. The number of carbonyl (C=O) groups is 1. The fourth-order valence-corrected chi connectivity index (χ4v) is 3.05. The molecule has 23 heavy (non-hydrogen) atoms. The van der Waals surface area contributed by atoms with E-state index < -0.39 is 0 Å². The molecule has 1 saturated heterocycles. The summed E-state index contributed by atoms with van der Waals surface area (Å²) in [5, 5.41) is 2.69. The Morgan fingerprint density at radius 2 is 1.65 bits per heavy atom. The summed E-state index contributed by atoms with van der Waals surface area (Å²) in [5.74, 6) is 0.120. The number of nitrogens with one attached hydrogen (secondary N) is 1. The van der Waals surface area contributed by atoms with E-state index >= 15 is 0 Å². The van der Waals surface area contributed by atoms with Gasteiger partial charge in [0.25, 0.3) is 0 Å². The van der Waals surface area contributed by atoms with E-state index in [0.29, 0.717) is 6.54 Å². The second-order valence-corrected chi connectivity index (χ2v) is 6.59. The van der Waals surface area contributed by atoms with E-state index in [9.17, 15) is 4.79 Å². The van der Waals surface area contributed by atoms with Crippen molar-refractivity contribution < 1.29 is 4.79 Å². The van der Waals surface area contributed by atoms with Crippen molar-refractivity contribution in [1.82, 2.24) is 15.1 Å². The number of nitrogens with zero attached hydrogens (tertiary/aromatic N) is 2. The molecular formula is C19H31N3O. The molecule has 1 aromatic rings. The Kier molecular flexibility index (Phi) is 7.56. The molecule has 0 aliphatic carbocycles. The predicted octanol–water partition coefficient (Wildman–Crippen LogP) is 2.07. The second kappa shape index (κ2) is 9.68. The summed E-state index contributed by atoms with van der Waals surface area (Å²) < 4.78 is 0. The Morgan fingerprint density at radius 1 is 1.00 bits per heavy atom. The van der Waals surface area contributed by atoms with Gasteiger partial charge in [-0.15, -0.1) is 0 Å². The summed E-state index contributed by atoms with van der Waals surface area (Å²) in [6, 6.07) is 8.91. The van der Waals surface area contributed by atoms with Crippen LogP contribution in [0.4, 0.5) is 0 Å². The minimum atomic E-state index is 0.120. The largest absolute Gasteiger partial charge is 0.358 e. The van der Waals surface area contributed by atoms with Gasteiger partial charge < -0.3 is 10.2 Å².